The molecule has 2 N–H and O–H groups in total. The molecule has 0 fully saturated rings. The molecule has 4 heteroatoms. The smallest absolute Gasteiger partial charge is 0.110 e. The number of aliphatic hydroxyl groups excluding tert-OH is 1. The first-order valence-corrected chi connectivity index (χ1v) is 4.93. The number of nitrogens with one attached hydrogen (secondary N) is 1. The predicted octanol–water partition coefficient (Wildman–Crippen LogP) is 1.26. The fraction of sp³-hybridized carbons (Fsp3) is 0.444. The molecule has 1 aromatic heterocycles. The third-order valence-corrected chi connectivity index (χ3v) is 2.90. The number of nitrogens with zero attached hydrogens (tertiary/aromatic N) is 1. The van der Waals surface area contributed by atoms with Crippen LogP contribution in [0.1, 0.15) is 22.7 Å². The monoisotopic (exact) mass is 196 g/mol. The zero-order chi connectivity index (χ0) is 9.68. The molecule has 0 spiro atoms. The molecule has 3 nitrogen and oxygen atoms in total. The third kappa shape index (κ3) is 2.81. The highest BCUT2D eigenvalue weighted by atomic mass is 32.1. The molecule has 70 valence electrons. The van der Waals surface area contributed by atoms with Gasteiger partial charge in [0, 0.05) is 17.5 Å². The molecular formula is C9H12N2OS. The van der Waals surface area contributed by atoms with Gasteiger partial charge in [0.05, 0.1) is 6.61 Å². The van der Waals surface area contributed by atoms with Crippen molar-refractivity contribution in [1.82, 2.24) is 5.32 Å². The van der Waals surface area contributed by atoms with Crippen LogP contribution in [0.25, 0.3) is 0 Å². The van der Waals surface area contributed by atoms with E-state index in [4.69, 9.17) is 10.4 Å². The Morgan fingerprint density at radius 3 is 3.00 bits per heavy atom. The van der Waals surface area contributed by atoms with Crippen LogP contribution in [0.15, 0.2) is 12.1 Å². The summed E-state index contributed by atoms with van der Waals surface area (Å²) in [5.74, 6) is 0. The highest BCUT2D eigenvalue weighted by molar-refractivity contribution is 7.12. The van der Waals surface area contributed by atoms with Crippen molar-refractivity contribution >= 4 is 11.3 Å². The van der Waals surface area contributed by atoms with Crippen LogP contribution in [0, 0.1) is 11.3 Å². The quantitative estimate of drug-likeness (QED) is 0.762. The Hall–Kier alpha value is -0.890. The minimum absolute atomic E-state index is 0.140. The first kappa shape index (κ1) is 10.2. The maximum atomic E-state index is 8.61. The van der Waals surface area contributed by atoms with Gasteiger partial charge in [-0.2, -0.15) is 5.26 Å². The van der Waals surface area contributed by atoms with Crippen LogP contribution in [0.5, 0.6) is 0 Å². The number of nitriles is 1. The van der Waals surface area contributed by atoms with E-state index in [9.17, 15) is 0 Å². The second kappa shape index (κ2) is 4.97. The largest absolute Gasteiger partial charge is 0.395 e. The number of aliphatic hydroxyl groups is 1. The molecule has 1 aromatic rings. The Morgan fingerprint density at radius 1 is 1.69 bits per heavy atom. The Balaban J connectivity index is 2.56. The van der Waals surface area contributed by atoms with E-state index in [0.29, 0.717) is 6.54 Å². The highest BCUT2D eigenvalue weighted by Crippen LogP contribution is 2.21. The van der Waals surface area contributed by atoms with Gasteiger partial charge in [0.1, 0.15) is 10.9 Å². The molecule has 0 amide bonds. The maximum Gasteiger partial charge on any atom is 0.110 e. The van der Waals surface area contributed by atoms with E-state index in [1.807, 2.05) is 19.1 Å². The standard InChI is InChI=1S/C9H12N2OS/c1-7(11-4-5-12)9-3-2-8(6-10)13-9/h2-3,7,11-12H,4-5H2,1H3. The molecule has 0 aliphatic carbocycles. The second-order valence-corrected chi connectivity index (χ2v) is 3.83. The molecule has 1 atom stereocenters. The molecular weight excluding hydrogens is 184 g/mol. The summed E-state index contributed by atoms with van der Waals surface area (Å²) in [7, 11) is 0. The SMILES string of the molecule is CC(NCCO)c1ccc(C#N)s1. The summed E-state index contributed by atoms with van der Waals surface area (Å²) in [6, 6.07) is 6.07. The van der Waals surface area contributed by atoms with Crippen molar-refractivity contribution in [2.45, 2.75) is 13.0 Å². The van der Waals surface area contributed by atoms with E-state index >= 15 is 0 Å². The fourth-order valence-electron chi connectivity index (χ4n) is 1.03. The van der Waals surface area contributed by atoms with E-state index in [1.54, 1.807) is 0 Å². The molecule has 0 aliphatic heterocycles. The van der Waals surface area contributed by atoms with Gasteiger partial charge in [-0.1, -0.05) is 0 Å². The zero-order valence-electron chi connectivity index (χ0n) is 7.45. The van der Waals surface area contributed by atoms with Gasteiger partial charge < -0.3 is 10.4 Å². The van der Waals surface area contributed by atoms with Crippen molar-refractivity contribution < 1.29 is 5.11 Å². The summed E-state index contributed by atoms with van der Waals surface area (Å²) >= 11 is 1.49. The van der Waals surface area contributed by atoms with Crippen molar-refractivity contribution in [1.29, 1.82) is 5.26 Å². The van der Waals surface area contributed by atoms with E-state index in [1.165, 1.54) is 11.3 Å². The first-order chi connectivity index (χ1) is 6.27. The molecule has 0 aliphatic rings. The van der Waals surface area contributed by atoms with Gasteiger partial charge in [-0.05, 0) is 19.1 Å². The van der Waals surface area contributed by atoms with Gasteiger partial charge >= 0.3 is 0 Å². The molecule has 1 rings (SSSR count). The Kier molecular flexibility index (Phi) is 3.90. The number of thiophene rings is 1. The summed E-state index contributed by atoms with van der Waals surface area (Å²) in [6.45, 7) is 2.74. The van der Waals surface area contributed by atoms with Crippen molar-refractivity contribution in [2.75, 3.05) is 13.2 Å². The Labute approximate surface area is 81.6 Å². The molecule has 0 radical (unpaired) electrons. The van der Waals surface area contributed by atoms with Gasteiger partial charge in [-0.15, -0.1) is 11.3 Å². The average Bonchev–Trinajstić information content (AvgIpc) is 2.62. The van der Waals surface area contributed by atoms with Gasteiger partial charge in [0.15, 0.2) is 0 Å². The average molecular weight is 196 g/mol. The summed E-state index contributed by atoms with van der Waals surface area (Å²) in [5.41, 5.74) is 0. The lowest BCUT2D eigenvalue weighted by atomic mass is 10.3. The van der Waals surface area contributed by atoms with Crippen LogP contribution < -0.4 is 5.32 Å². The van der Waals surface area contributed by atoms with Crippen LogP contribution in [0.2, 0.25) is 0 Å². The molecule has 13 heavy (non-hydrogen) atoms. The van der Waals surface area contributed by atoms with Crippen molar-refractivity contribution in [2.24, 2.45) is 0 Å². The second-order valence-electron chi connectivity index (χ2n) is 2.71. The van der Waals surface area contributed by atoms with Gasteiger partial charge in [0.25, 0.3) is 0 Å². The topological polar surface area (TPSA) is 56.0 Å². The lowest BCUT2D eigenvalue weighted by Gasteiger charge is -2.09. The van der Waals surface area contributed by atoms with E-state index in [0.717, 1.165) is 9.75 Å². The maximum absolute atomic E-state index is 8.61. The lowest BCUT2D eigenvalue weighted by Crippen LogP contribution is -2.21. The minimum Gasteiger partial charge on any atom is -0.395 e. The lowest BCUT2D eigenvalue weighted by molar-refractivity contribution is 0.286. The van der Waals surface area contributed by atoms with Gasteiger partial charge in [-0.25, -0.2) is 0 Å². The van der Waals surface area contributed by atoms with E-state index in [2.05, 4.69) is 11.4 Å². The number of hydrogen-bond acceptors (Lipinski definition) is 4. The predicted molar refractivity (Wildman–Crippen MR) is 52.5 cm³/mol. The van der Waals surface area contributed by atoms with Crippen LogP contribution in [0.4, 0.5) is 0 Å². The van der Waals surface area contributed by atoms with Crippen LogP contribution >= 0.6 is 11.3 Å². The van der Waals surface area contributed by atoms with Gasteiger partial charge in [-0.3, -0.25) is 0 Å². The van der Waals surface area contributed by atoms with Gasteiger partial charge in [0.2, 0.25) is 0 Å². The van der Waals surface area contributed by atoms with Crippen molar-refractivity contribution in [3.05, 3.63) is 21.9 Å². The minimum atomic E-state index is 0.140. The molecule has 0 bridgehead atoms. The highest BCUT2D eigenvalue weighted by Gasteiger charge is 2.06. The summed E-state index contributed by atoms with van der Waals surface area (Å²) in [5, 5.41) is 20.3. The molecule has 1 heterocycles. The summed E-state index contributed by atoms with van der Waals surface area (Å²) < 4.78 is 0. The third-order valence-electron chi connectivity index (χ3n) is 1.73. The van der Waals surface area contributed by atoms with Crippen LogP contribution in [0.3, 0.4) is 0 Å². The van der Waals surface area contributed by atoms with E-state index in [-0.39, 0.29) is 12.6 Å². The fourth-order valence-corrected chi connectivity index (χ4v) is 1.86. The Bertz CT molecular complexity index is 303. The molecule has 0 aromatic carbocycles. The summed E-state index contributed by atoms with van der Waals surface area (Å²) in [4.78, 5) is 1.86. The number of rotatable bonds is 4. The summed E-state index contributed by atoms with van der Waals surface area (Å²) in [6.07, 6.45) is 0. The van der Waals surface area contributed by atoms with Crippen molar-refractivity contribution in [3.63, 3.8) is 0 Å². The number of hydrogen-bond donors (Lipinski definition) is 2. The van der Waals surface area contributed by atoms with Crippen LogP contribution in [-0.4, -0.2) is 18.3 Å². The molecule has 1 unspecified atom stereocenters. The normalized spacial score (nSPS) is 12.4. The molecule has 0 saturated heterocycles. The van der Waals surface area contributed by atoms with Crippen LogP contribution in [-0.2, 0) is 0 Å². The Morgan fingerprint density at radius 2 is 2.46 bits per heavy atom. The van der Waals surface area contributed by atoms with E-state index < -0.39 is 0 Å². The van der Waals surface area contributed by atoms with Crippen molar-refractivity contribution in [3.8, 4) is 6.07 Å². The zero-order valence-corrected chi connectivity index (χ0v) is 8.27. The molecule has 0 saturated carbocycles. The first-order valence-electron chi connectivity index (χ1n) is 4.12.